The summed E-state index contributed by atoms with van der Waals surface area (Å²) in [7, 11) is 0. The van der Waals surface area contributed by atoms with Gasteiger partial charge in [-0.2, -0.15) is 13.2 Å². The van der Waals surface area contributed by atoms with E-state index in [1.165, 1.54) is 0 Å². The molecule has 0 unspecified atom stereocenters. The normalized spacial score (nSPS) is 11.3. The maximum atomic E-state index is 12.0. The van der Waals surface area contributed by atoms with Gasteiger partial charge in [0.05, 0.1) is 0 Å². The Hall–Kier alpha value is -1.72. The highest BCUT2D eigenvalue weighted by Crippen LogP contribution is 2.22. The number of rotatable bonds is 7. The van der Waals surface area contributed by atoms with Crippen molar-refractivity contribution in [1.82, 2.24) is 5.32 Å². The molecule has 0 aromatic heterocycles. The van der Waals surface area contributed by atoms with E-state index in [4.69, 9.17) is 0 Å². The molecule has 1 aromatic carbocycles. The summed E-state index contributed by atoms with van der Waals surface area (Å²) in [6, 6.07) is 5.30. The van der Waals surface area contributed by atoms with Crippen LogP contribution in [0.15, 0.2) is 18.2 Å². The summed E-state index contributed by atoms with van der Waals surface area (Å²) < 4.78 is 35.9. The van der Waals surface area contributed by atoms with E-state index in [-0.39, 0.29) is 18.9 Å². The number of aryl methyl sites for hydroxylation is 1. The van der Waals surface area contributed by atoms with Crippen molar-refractivity contribution in [3.63, 3.8) is 0 Å². The first-order chi connectivity index (χ1) is 9.83. The minimum absolute atomic E-state index is 0.0299. The van der Waals surface area contributed by atoms with Crippen molar-refractivity contribution in [2.75, 3.05) is 18.4 Å². The lowest BCUT2D eigenvalue weighted by Crippen LogP contribution is -2.24. The number of anilines is 1. The second-order valence-electron chi connectivity index (χ2n) is 4.89. The number of benzene rings is 1. The van der Waals surface area contributed by atoms with Crippen LogP contribution in [0.5, 0.6) is 0 Å². The van der Waals surface area contributed by atoms with E-state index in [0.29, 0.717) is 12.0 Å². The summed E-state index contributed by atoms with van der Waals surface area (Å²) in [6.07, 6.45) is -4.58. The van der Waals surface area contributed by atoms with E-state index in [9.17, 15) is 18.0 Å². The molecule has 0 spiro atoms. The molecular weight excluding hydrogens is 281 g/mol. The van der Waals surface area contributed by atoms with E-state index in [0.717, 1.165) is 17.8 Å². The Morgan fingerprint density at radius 1 is 1.24 bits per heavy atom. The van der Waals surface area contributed by atoms with Crippen LogP contribution in [0.25, 0.3) is 0 Å². The van der Waals surface area contributed by atoms with E-state index in [1.54, 1.807) is 12.1 Å². The fourth-order valence-corrected chi connectivity index (χ4v) is 1.95. The van der Waals surface area contributed by atoms with Crippen molar-refractivity contribution >= 4 is 11.6 Å². The van der Waals surface area contributed by atoms with Crippen LogP contribution >= 0.6 is 0 Å². The minimum Gasteiger partial charge on any atom is -0.385 e. The lowest BCUT2D eigenvalue weighted by Gasteiger charge is -2.10. The predicted octanol–water partition coefficient (Wildman–Crippen LogP) is 3.89. The van der Waals surface area contributed by atoms with E-state index in [1.807, 2.05) is 19.9 Å². The second-order valence-corrected chi connectivity index (χ2v) is 4.89. The first kappa shape index (κ1) is 17.3. The average Bonchev–Trinajstić information content (AvgIpc) is 2.39. The molecule has 1 amide bonds. The van der Waals surface area contributed by atoms with Crippen molar-refractivity contribution in [3.8, 4) is 0 Å². The molecular formula is C15H21F3N2O. The summed E-state index contributed by atoms with van der Waals surface area (Å²) in [6.45, 7) is 4.94. The molecule has 0 saturated carbocycles. The molecule has 0 aliphatic heterocycles. The second kappa shape index (κ2) is 7.90. The van der Waals surface area contributed by atoms with Crippen molar-refractivity contribution < 1.29 is 18.0 Å². The van der Waals surface area contributed by atoms with Crippen LogP contribution in [0.4, 0.5) is 18.9 Å². The van der Waals surface area contributed by atoms with Gasteiger partial charge in [0.2, 0.25) is 0 Å². The van der Waals surface area contributed by atoms with Crippen molar-refractivity contribution in [3.05, 3.63) is 29.3 Å². The van der Waals surface area contributed by atoms with Gasteiger partial charge in [-0.1, -0.05) is 0 Å². The molecule has 0 aliphatic rings. The van der Waals surface area contributed by atoms with E-state index < -0.39 is 12.6 Å². The fourth-order valence-electron chi connectivity index (χ4n) is 1.95. The van der Waals surface area contributed by atoms with Crippen LogP contribution in [-0.2, 0) is 0 Å². The Balaban J connectivity index is 2.40. The van der Waals surface area contributed by atoms with E-state index in [2.05, 4.69) is 10.6 Å². The molecule has 2 N–H and O–H groups in total. The Morgan fingerprint density at radius 2 is 1.95 bits per heavy atom. The summed E-state index contributed by atoms with van der Waals surface area (Å²) in [5.74, 6) is -0.256. The lowest BCUT2D eigenvalue weighted by atomic mass is 10.1. The number of carbonyl (C=O) groups is 1. The number of hydrogen-bond acceptors (Lipinski definition) is 2. The van der Waals surface area contributed by atoms with Gasteiger partial charge in [-0.15, -0.1) is 0 Å². The SMILES string of the molecule is CCNc1ccc(C(=O)NCCCCC(F)(F)F)cc1C. The van der Waals surface area contributed by atoms with Crippen LogP contribution in [0.3, 0.4) is 0 Å². The number of halogens is 3. The molecule has 1 rings (SSSR count). The molecule has 1 aromatic rings. The predicted molar refractivity (Wildman–Crippen MR) is 77.6 cm³/mol. The van der Waals surface area contributed by atoms with Crippen LogP contribution in [0.1, 0.15) is 42.1 Å². The molecule has 0 bridgehead atoms. The number of nitrogens with one attached hydrogen (secondary N) is 2. The number of carbonyl (C=O) groups excluding carboxylic acids is 1. The number of unbranched alkanes of at least 4 members (excludes halogenated alkanes) is 1. The van der Waals surface area contributed by atoms with Crippen molar-refractivity contribution in [2.45, 2.75) is 39.3 Å². The van der Waals surface area contributed by atoms with Crippen molar-refractivity contribution in [1.29, 1.82) is 0 Å². The molecule has 0 aliphatic carbocycles. The Labute approximate surface area is 122 Å². The number of alkyl halides is 3. The van der Waals surface area contributed by atoms with Gasteiger partial charge in [0.25, 0.3) is 5.91 Å². The molecule has 3 nitrogen and oxygen atoms in total. The zero-order valence-corrected chi connectivity index (χ0v) is 12.3. The van der Waals surface area contributed by atoms with Gasteiger partial charge in [-0.05, 0) is 50.5 Å². The monoisotopic (exact) mass is 302 g/mol. The standard InChI is InChI=1S/C15H21F3N2O/c1-3-19-13-7-6-12(10-11(13)2)14(21)20-9-5-4-8-15(16,17)18/h6-7,10,19H,3-5,8-9H2,1-2H3,(H,20,21). The Kier molecular flexibility index (Phi) is 6.52. The first-order valence-electron chi connectivity index (χ1n) is 7.03. The third kappa shape index (κ3) is 6.51. The third-order valence-electron chi connectivity index (χ3n) is 3.03. The van der Waals surface area contributed by atoms with Gasteiger partial charge in [-0.25, -0.2) is 0 Å². The van der Waals surface area contributed by atoms with Crippen molar-refractivity contribution in [2.24, 2.45) is 0 Å². The molecule has 6 heteroatoms. The minimum atomic E-state index is -4.12. The Bertz CT molecular complexity index is 472. The molecule has 0 radical (unpaired) electrons. The molecule has 0 atom stereocenters. The number of amides is 1. The van der Waals surface area contributed by atoms with Gasteiger partial charge >= 0.3 is 6.18 Å². The topological polar surface area (TPSA) is 41.1 Å². The molecule has 0 saturated heterocycles. The van der Waals surface area contributed by atoms with Gasteiger partial charge in [0.1, 0.15) is 0 Å². The largest absolute Gasteiger partial charge is 0.389 e. The number of hydrogen-bond donors (Lipinski definition) is 2. The third-order valence-corrected chi connectivity index (χ3v) is 3.03. The zero-order valence-electron chi connectivity index (χ0n) is 12.3. The molecule has 0 fully saturated rings. The summed E-state index contributed by atoms with van der Waals surface area (Å²) in [5, 5.41) is 5.81. The fraction of sp³-hybridized carbons (Fsp3) is 0.533. The first-order valence-corrected chi connectivity index (χ1v) is 7.03. The highest BCUT2D eigenvalue weighted by Gasteiger charge is 2.25. The van der Waals surface area contributed by atoms with E-state index >= 15 is 0 Å². The lowest BCUT2D eigenvalue weighted by molar-refractivity contribution is -0.135. The van der Waals surface area contributed by atoms with Crippen LogP contribution < -0.4 is 10.6 Å². The van der Waals surface area contributed by atoms with Gasteiger partial charge < -0.3 is 10.6 Å². The maximum absolute atomic E-state index is 12.0. The highest BCUT2D eigenvalue weighted by molar-refractivity contribution is 5.94. The van der Waals surface area contributed by atoms with Gasteiger partial charge in [0.15, 0.2) is 0 Å². The average molecular weight is 302 g/mol. The summed E-state index contributed by atoms with van der Waals surface area (Å²) >= 11 is 0. The summed E-state index contributed by atoms with van der Waals surface area (Å²) in [5.41, 5.74) is 2.45. The highest BCUT2D eigenvalue weighted by atomic mass is 19.4. The summed E-state index contributed by atoms with van der Waals surface area (Å²) in [4.78, 5) is 11.9. The van der Waals surface area contributed by atoms with Gasteiger partial charge in [0, 0.05) is 30.8 Å². The molecule has 0 heterocycles. The zero-order chi connectivity index (χ0) is 15.9. The quantitative estimate of drug-likeness (QED) is 0.750. The van der Waals surface area contributed by atoms with Crippen LogP contribution in [-0.4, -0.2) is 25.2 Å². The maximum Gasteiger partial charge on any atom is 0.389 e. The molecule has 21 heavy (non-hydrogen) atoms. The van der Waals surface area contributed by atoms with Crippen LogP contribution in [0, 0.1) is 6.92 Å². The Morgan fingerprint density at radius 3 is 2.52 bits per heavy atom. The molecule has 118 valence electrons. The smallest absolute Gasteiger partial charge is 0.385 e. The van der Waals surface area contributed by atoms with Gasteiger partial charge in [-0.3, -0.25) is 4.79 Å². The van der Waals surface area contributed by atoms with Crippen LogP contribution in [0.2, 0.25) is 0 Å².